The van der Waals surface area contributed by atoms with Gasteiger partial charge in [0.1, 0.15) is 18.1 Å². The minimum Gasteiger partial charge on any atom is -0.497 e. The first-order valence-corrected chi connectivity index (χ1v) is 6.25. The van der Waals surface area contributed by atoms with Gasteiger partial charge in [-0.25, -0.2) is 0 Å². The summed E-state index contributed by atoms with van der Waals surface area (Å²) in [6, 6.07) is 15.0. The van der Waals surface area contributed by atoms with Crippen molar-refractivity contribution in [3.8, 4) is 17.6 Å². The Labute approximate surface area is 118 Å². The van der Waals surface area contributed by atoms with Gasteiger partial charge in [0, 0.05) is 18.2 Å². The molecule has 0 radical (unpaired) electrons. The molecule has 2 N–H and O–H groups in total. The Hall–Kier alpha value is -2.51. The summed E-state index contributed by atoms with van der Waals surface area (Å²) in [6.07, 6.45) is 0. The van der Waals surface area contributed by atoms with E-state index in [1.54, 1.807) is 13.2 Å². The van der Waals surface area contributed by atoms with Crippen molar-refractivity contribution in [2.45, 2.75) is 13.2 Å². The summed E-state index contributed by atoms with van der Waals surface area (Å²) in [5.41, 5.74) is 8.17. The van der Waals surface area contributed by atoms with Gasteiger partial charge in [-0.2, -0.15) is 5.26 Å². The molecule has 20 heavy (non-hydrogen) atoms. The van der Waals surface area contributed by atoms with Gasteiger partial charge < -0.3 is 15.2 Å². The van der Waals surface area contributed by atoms with Crippen LogP contribution in [0.3, 0.4) is 0 Å². The third kappa shape index (κ3) is 3.28. The zero-order valence-electron chi connectivity index (χ0n) is 11.3. The number of methoxy groups -OCH3 is 1. The van der Waals surface area contributed by atoms with E-state index in [0.717, 1.165) is 16.9 Å². The number of nitriles is 1. The molecule has 2 rings (SSSR count). The van der Waals surface area contributed by atoms with E-state index in [2.05, 4.69) is 6.07 Å². The summed E-state index contributed by atoms with van der Waals surface area (Å²) in [6.45, 7) is 0.785. The van der Waals surface area contributed by atoms with Gasteiger partial charge in [0.25, 0.3) is 0 Å². The van der Waals surface area contributed by atoms with Gasteiger partial charge in [0.2, 0.25) is 0 Å². The Morgan fingerprint density at radius 1 is 1.20 bits per heavy atom. The van der Waals surface area contributed by atoms with Crippen LogP contribution in [0, 0.1) is 11.3 Å². The molecule has 0 bridgehead atoms. The van der Waals surface area contributed by atoms with Crippen molar-refractivity contribution >= 4 is 0 Å². The molecule has 0 saturated heterocycles. The lowest BCUT2D eigenvalue weighted by molar-refractivity contribution is 0.300. The average molecular weight is 268 g/mol. The lowest BCUT2D eigenvalue weighted by Gasteiger charge is -2.12. The highest BCUT2D eigenvalue weighted by Gasteiger charge is 2.05. The topological polar surface area (TPSA) is 68.3 Å². The first-order chi connectivity index (χ1) is 9.76. The molecule has 2 aromatic rings. The maximum absolute atomic E-state index is 8.87. The summed E-state index contributed by atoms with van der Waals surface area (Å²) in [4.78, 5) is 0. The van der Waals surface area contributed by atoms with Gasteiger partial charge >= 0.3 is 0 Å². The van der Waals surface area contributed by atoms with Crippen molar-refractivity contribution in [3.63, 3.8) is 0 Å². The molecule has 0 heterocycles. The molecule has 0 spiro atoms. The van der Waals surface area contributed by atoms with Crippen molar-refractivity contribution in [2.24, 2.45) is 5.73 Å². The minimum absolute atomic E-state index is 0.385. The second kappa shape index (κ2) is 6.60. The van der Waals surface area contributed by atoms with Crippen LogP contribution in [-0.4, -0.2) is 7.11 Å². The van der Waals surface area contributed by atoms with Crippen LogP contribution < -0.4 is 15.2 Å². The number of ether oxygens (including phenoxy) is 2. The van der Waals surface area contributed by atoms with Gasteiger partial charge in [0.15, 0.2) is 0 Å². The van der Waals surface area contributed by atoms with E-state index in [-0.39, 0.29) is 0 Å². The monoisotopic (exact) mass is 268 g/mol. The molecule has 0 atom stereocenters. The zero-order valence-corrected chi connectivity index (χ0v) is 11.3. The molecule has 0 aliphatic rings. The first kappa shape index (κ1) is 13.9. The normalized spacial score (nSPS) is 9.85. The fourth-order valence-corrected chi connectivity index (χ4v) is 1.86. The zero-order chi connectivity index (χ0) is 14.4. The van der Waals surface area contributed by atoms with Crippen LogP contribution in [-0.2, 0) is 13.2 Å². The number of hydrogen-bond acceptors (Lipinski definition) is 4. The van der Waals surface area contributed by atoms with Crippen LogP contribution in [0.4, 0.5) is 0 Å². The van der Waals surface area contributed by atoms with Crippen LogP contribution in [0.2, 0.25) is 0 Å². The fraction of sp³-hybridized carbons (Fsp3) is 0.188. The Kier molecular flexibility index (Phi) is 4.59. The highest BCUT2D eigenvalue weighted by Crippen LogP contribution is 2.25. The third-order valence-corrected chi connectivity index (χ3v) is 2.94. The van der Waals surface area contributed by atoms with Crippen LogP contribution in [0.5, 0.6) is 11.5 Å². The molecule has 4 heteroatoms. The molecular formula is C16H16N2O2. The molecule has 0 aliphatic carbocycles. The van der Waals surface area contributed by atoms with E-state index in [9.17, 15) is 0 Å². The van der Waals surface area contributed by atoms with Crippen LogP contribution in [0.1, 0.15) is 16.7 Å². The molecule has 4 nitrogen and oxygen atoms in total. The summed E-state index contributed by atoms with van der Waals surface area (Å²) >= 11 is 0. The maximum Gasteiger partial charge on any atom is 0.127 e. The predicted octanol–water partition coefficient (Wildman–Crippen LogP) is 2.60. The summed E-state index contributed by atoms with van der Waals surface area (Å²) in [7, 11) is 1.61. The van der Waals surface area contributed by atoms with Crippen molar-refractivity contribution in [1.29, 1.82) is 5.26 Å². The first-order valence-electron chi connectivity index (χ1n) is 6.25. The van der Waals surface area contributed by atoms with Gasteiger partial charge in [-0.3, -0.25) is 0 Å². The number of nitrogens with zero attached hydrogens (tertiary/aromatic N) is 1. The number of nitrogens with two attached hydrogens (primary N) is 1. The average Bonchev–Trinajstić information content (AvgIpc) is 2.52. The second-order valence-corrected chi connectivity index (χ2v) is 4.28. The van der Waals surface area contributed by atoms with Gasteiger partial charge in [-0.1, -0.05) is 18.2 Å². The summed E-state index contributed by atoms with van der Waals surface area (Å²) in [5, 5.41) is 8.87. The molecule has 0 saturated carbocycles. The largest absolute Gasteiger partial charge is 0.497 e. The number of rotatable bonds is 5. The molecular weight excluding hydrogens is 252 g/mol. The van der Waals surface area contributed by atoms with E-state index in [0.29, 0.717) is 24.5 Å². The van der Waals surface area contributed by atoms with Crippen molar-refractivity contribution in [2.75, 3.05) is 7.11 Å². The SMILES string of the molecule is COc1ccc(CN)c(OCc2cccc(C#N)c2)c1. The van der Waals surface area contributed by atoms with E-state index < -0.39 is 0 Å². The lowest BCUT2D eigenvalue weighted by atomic mass is 10.1. The summed E-state index contributed by atoms with van der Waals surface area (Å²) in [5.74, 6) is 1.43. The molecule has 0 aliphatic heterocycles. The molecule has 0 unspecified atom stereocenters. The summed E-state index contributed by atoms with van der Waals surface area (Å²) < 4.78 is 11.0. The fourth-order valence-electron chi connectivity index (χ4n) is 1.86. The minimum atomic E-state index is 0.385. The number of hydrogen-bond donors (Lipinski definition) is 1. The van der Waals surface area contributed by atoms with Crippen molar-refractivity contribution < 1.29 is 9.47 Å². The third-order valence-electron chi connectivity index (χ3n) is 2.94. The molecule has 2 aromatic carbocycles. The van der Waals surface area contributed by atoms with Crippen LogP contribution >= 0.6 is 0 Å². The smallest absolute Gasteiger partial charge is 0.127 e. The molecule has 0 aromatic heterocycles. The van der Waals surface area contributed by atoms with Crippen molar-refractivity contribution in [3.05, 3.63) is 59.2 Å². The second-order valence-electron chi connectivity index (χ2n) is 4.28. The molecule has 0 fully saturated rings. The molecule has 102 valence electrons. The molecule has 0 amide bonds. The standard InChI is InChI=1S/C16H16N2O2/c1-19-15-6-5-14(10-18)16(8-15)20-11-13-4-2-3-12(7-13)9-17/h2-8H,10-11,18H2,1H3. The predicted molar refractivity (Wildman–Crippen MR) is 76.4 cm³/mol. The van der Waals surface area contributed by atoms with E-state index in [1.165, 1.54) is 0 Å². The van der Waals surface area contributed by atoms with Gasteiger partial charge in [-0.05, 0) is 23.8 Å². The van der Waals surface area contributed by atoms with E-state index in [1.807, 2.05) is 36.4 Å². The highest BCUT2D eigenvalue weighted by atomic mass is 16.5. The maximum atomic E-state index is 8.87. The van der Waals surface area contributed by atoms with Gasteiger partial charge in [0.05, 0.1) is 18.7 Å². The van der Waals surface area contributed by atoms with Crippen LogP contribution in [0.25, 0.3) is 0 Å². The quantitative estimate of drug-likeness (QED) is 0.905. The van der Waals surface area contributed by atoms with Crippen LogP contribution in [0.15, 0.2) is 42.5 Å². The Balaban J connectivity index is 2.15. The highest BCUT2D eigenvalue weighted by molar-refractivity contribution is 5.41. The lowest BCUT2D eigenvalue weighted by Crippen LogP contribution is -2.03. The van der Waals surface area contributed by atoms with Gasteiger partial charge in [-0.15, -0.1) is 0 Å². The Bertz CT molecular complexity index is 633. The Morgan fingerprint density at radius 2 is 2.05 bits per heavy atom. The van der Waals surface area contributed by atoms with Crippen molar-refractivity contribution in [1.82, 2.24) is 0 Å². The Morgan fingerprint density at radius 3 is 2.75 bits per heavy atom. The van der Waals surface area contributed by atoms with E-state index >= 15 is 0 Å². The van der Waals surface area contributed by atoms with E-state index in [4.69, 9.17) is 20.5 Å². The number of benzene rings is 2.